The van der Waals surface area contributed by atoms with Crippen molar-refractivity contribution < 1.29 is 0 Å². The lowest BCUT2D eigenvalue weighted by molar-refractivity contribution is 1.40. The second-order valence-corrected chi connectivity index (χ2v) is 7.23. The predicted molar refractivity (Wildman–Crippen MR) is 113 cm³/mol. The van der Waals surface area contributed by atoms with Gasteiger partial charge in [-0.3, -0.25) is 0 Å². The van der Waals surface area contributed by atoms with Gasteiger partial charge in [0.2, 0.25) is 0 Å². The zero-order chi connectivity index (χ0) is 18.0. The molecule has 4 heteroatoms. The lowest BCUT2D eigenvalue weighted by atomic mass is 9.96. The molecule has 0 saturated carbocycles. The third-order valence-electron chi connectivity index (χ3n) is 5.26. The highest BCUT2D eigenvalue weighted by Gasteiger charge is 2.18. The second kappa shape index (κ2) is 5.35. The summed E-state index contributed by atoms with van der Waals surface area (Å²) < 4.78 is 0. The Morgan fingerprint density at radius 3 is 2.44 bits per heavy atom. The van der Waals surface area contributed by atoms with Crippen LogP contribution in [0.5, 0.6) is 0 Å². The number of nitrogens with zero attached hydrogens (tertiary/aromatic N) is 1. The van der Waals surface area contributed by atoms with Crippen LogP contribution in [0.2, 0.25) is 5.02 Å². The van der Waals surface area contributed by atoms with Crippen molar-refractivity contribution in [2.75, 3.05) is 0 Å². The zero-order valence-corrected chi connectivity index (χ0v) is 15.0. The third-order valence-corrected chi connectivity index (χ3v) is 5.49. The van der Waals surface area contributed by atoms with Crippen molar-refractivity contribution in [2.45, 2.75) is 0 Å². The van der Waals surface area contributed by atoms with Gasteiger partial charge in [-0.2, -0.15) is 0 Å². The van der Waals surface area contributed by atoms with Gasteiger partial charge in [0.05, 0.1) is 5.52 Å². The summed E-state index contributed by atoms with van der Waals surface area (Å²) in [6.07, 6.45) is 2.08. The Kier molecular flexibility index (Phi) is 2.94. The van der Waals surface area contributed by atoms with Crippen molar-refractivity contribution in [3.63, 3.8) is 0 Å². The molecule has 0 atom stereocenters. The summed E-state index contributed by atoms with van der Waals surface area (Å²) in [6.45, 7) is 0. The molecule has 0 spiro atoms. The first-order valence-electron chi connectivity index (χ1n) is 8.86. The molecular formula is C23H14ClN3. The molecule has 0 bridgehead atoms. The lowest BCUT2D eigenvalue weighted by Crippen LogP contribution is -1.87. The number of hydrogen-bond acceptors (Lipinski definition) is 1. The van der Waals surface area contributed by atoms with E-state index in [-0.39, 0.29) is 0 Å². The van der Waals surface area contributed by atoms with Gasteiger partial charge in [-0.1, -0.05) is 48.0 Å². The average Bonchev–Trinajstić information content (AvgIpc) is 3.28. The quantitative estimate of drug-likeness (QED) is 0.335. The Labute approximate surface area is 159 Å². The molecule has 2 N–H and O–H groups in total. The largest absolute Gasteiger partial charge is 0.361 e. The summed E-state index contributed by atoms with van der Waals surface area (Å²) in [5, 5.41) is 5.26. The van der Waals surface area contributed by atoms with Crippen LogP contribution in [0.4, 0.5) is 0 Å². The number of rotatable bonds is 1. The summed E-state index contributed by atoms with van der Waals surface area (Å²) in [5.41, 5.74) is 6.35. The summed E-state index contributed by atoms with van der Waals surface area (Å²) in [7, 11) is 0. The molecular weight excluding hydrogens is 354 g/mol. The normalized spacial score (nSPS) is 11.9. The van der Waals surface area contributed by atoms with Gasteiger partial charge in [0.1, 0.15) is 5.65 Å². The molecule has 6 rings (SSSR count). The highest BCUT2D eigenvalue weighted by molar-refractivity contribution is 6.32. The number of benzene rings is 3. The first kappa shape index (κ1) is 14.8. The molecule has 3 nitrogen and oxygen atoms in total. The van der Waals surface area contributed by atoms with E-state index in [9.17, 15) is 0 Å². The predicted octanol–water partition coefficient (Wildman–Crippen LogP) is 6.67. The van der Waals surface area contributed by atoms with Gasteiger partial charge in [-0.25, -0.2) is 4.98 Å². The molecule has 0 unspecified atom stereocenters. The summed E-state index contributed by atoms with van der Waals surface area (Å²) >= 11 is 6.37. The fourth-order valence-electron chi connectivity index (χ4n) is 4.08. The average molecular weight is 368 g/mol. The van der Waals surface area contributed by atoms with Crippen molar-refractivity contribution >= 4 is 55.3 Å². The van der Waals surface area contributed by atoms with Crippen molar-refractivity contribution in [1.29, 1.82) is 0 Å². The standard InChI is InChI=1S/C23H14ClN3/c24-13-9-10-20-16(11-13)21(17-12-25-18-7-3-1-5-14(17)18)22-15-6-2-4-8-19(15)26-23(22)27-20/h1-12,25H,(H,26,27). The van der Waals surface area contributed by atoms with Crippen LogP contribution < -0.4 is 0 Å². The van der Waals surface area contributed by atoms with Crippen molar-refractivity contribution in [2.24, 2.45) is 0 Å². The van der Waals surface area contributed by atoms with Crippen molar-refractivity contribution in [3.8, 4) is 11.1 Å². The number of hydrogen-bond donors (Lipinski definition) is 2. The molecule has 3 aromatic carbocycles. The van der Waals surface area contributed by atoms with E-state index in [1.54, 1.807) is 0 Å². The molecule has 128 valence electrons. The minimum Gasteiger partial charge on any atom is -0.361 e. The molecule has 3 aromatic heterocycles. The first-order chi connectivity index (χ1) is 13.3. The maximum absolute atomic E-state index is 6.37. The molecule has 0 radical (unpaired) electrons. The van der Waals surface area contributed by atoms with E-state index < -0.39 is 0 Å². The van der Waals surface area contributed by atoms with Gasteiger partial charge in [0.25, 0.3) is 0 Å². The molecule has 0 aliphatic rings. The molecule has 0 aliphatic carbocycles. The van der Waals surface area contributed by atoms with E-state index in [1.165, 1.54) is 10.8 Å². The number of aromatic nitrogens is 3. The van der Waals surface area contributed by atoms with Crippen LogP contribution >= 0.6 is 11.6 Å². The Morgan fingerprint density at radius 1 is 0.778 bits per heavy atom. The van der Waals surface area contributed by atoms with Gasteiger partial charge in [-0.15, -0.1) is 0 Å². The van der Waals surface area contributed by atoms with Crippen molar-refractivity contribution in [1.82, 2.24) is 15.0 Å². The second-order valence-electron chi connectivity index (χ2n) is 6.79. The lowest BCUT2D eigenvalue weighted by Gasteiger charge is -2.09. The number of para-hydroxylation sites is 2. The Morgan fingerprint density at radius 2 is 1.56 bits per heavy atom. The third kappa shape index (κ3) is 2.06. The number of nitrogens with one attached hydrogen (secondary N) is 2. The summed E-state index contributed by atoms with van der Waals surface area (Å²) in [6, 6.07) is 22.6. The SMILES string of the molecule is Clc1ccc2nc3[nH]c4ccccc4c3c(-c3c[nH]c4ccccc34)c2c1. The van der Waals surface area contributed by atoms with E-state index >= 15 is 0 Å². The molecule has 27 heavy (non-hydrogen) atoms. The topological polar surface area (TPSA) is 44.5 Å². The summed E-state index contributed by atoms with van der Waals surface area (Å²) in [4.78, 5) is 11.8. The van der Waals surface area contributed by atoms with E-state index in [0.29, 0.717) is 5.02 Å². The molecule has 6 aromatic rings. The van der Waals surface area contributed by atoms with E-state index in [4.69, 9.17) is 16.6 Å². The van der Waals surface area contributed by atoms with Crippen LogP contribution in [-0.2, 0) is 0 Å². The van der Waals surface area contributed by atoms with Crippen LogP contribution in [0.1, 0.15) is 0 Å². The van der Waals surface area contributed by atoms with E-state index in [1.807, 2.05) is 30.3 Å². The highest BCUT2D eigenvalue weighted by atomic mass is 35.5. The number of fused-ring (bicyclic) bond motifs is 5. The van der Waals surface area contributed by atoms with Crippen LogP contribution in [0.3, 0.4) is 0 Å². The van der Waals surface area contributed by atoms with Gasteiger partial charge in [0.15, 0.2) is 0 Å². The maximum atomic E-state index is 6.37. The molecule has 0 fully saturated rings. The van der Waals surface area contributed by atoms with Crippen LogP contribution in [0.15, 0.2) is 72.9 Å². The van der Waals surface area contributed by atoms with Gasteiger partial charge in [0, 0.05) is 54.9 Å². The zero-order valence-electron chi connectivity index (χ0n) is 14.3. The number of H-pyrrole nitrogens is 2. The molecule has 0 saturated heterocycles. The minimum atomic E-state index is 0.713. The Hall–Kier alpha value is -3.30. The molecule has 3 heterocycles. The van der Waals surface area contributed by atoms with Crippen LogP contribution in [0.25, 0.3) is 54.9 Å². The van der Waals surface area contributed by atoms with Crippen molar-refractivity contribution in [3.05, 3.63) is 77.9 Å². The van der Waals surface area contributed by atoms with Crippen LogP contribution in [0, 0.1) is 0 Å². The number of halogens is 1. The number of aromatic amines is 2. The Balaban J connectivity index is 1.91. The smallest absolute Gasteiger partial charge is 0.139 e. The van der Waals surface area contributed by atoms with E-state index in [0.717, 1.165) is 44.1 Å². The maximum Gasteiger partial charge on any atom is 0.139 e. The van der Waals surface area contributed by atoms with E-state index in [2.05, 4.69) is 52.6 Å². The fourth-order valence-corrected chi connectivity index (χ4v) is 4.26. The summed E-state index contributed by atoms with van der Waals surface area (Å²) in [5.74, 6) is 0. The van der Waals surface area contributed by atoms with Gasteiger partial charge < -0.3 is 9.97 Å². The first-order valence-corrected chi connectivity index (χ1v) is 9.23. The number of pyridine rings is 1. The van der Waals surface area contributed by atoms with Crippen LogP contribution in [-0.4, -0.2) is 15.0 Å². The van der Waals surface area contributed by atoms with Gasteiger partial charge >= 0.3 is 0 Å². The minimum absolute atomic E-state index is 0.713. The Bertz CT molecular complexity index is 1490. The molecule has 0 aliphatic heterocycles. The monoisotopic (exact) mass is 367 g/mol. The molecule has 0 amide bonds. The highest BCUT2D eigenvalue weighted by Crippen LogP contribution is 2.41. The fraction of sp³-hybridized carbons (Fsp3) is 0. The van der Waals surface area contributed by atoms with Gasteiger partial charge in [-0.05, 0) is 30.3 Å².